The van der Waals surface area contributed by atoms with Crippen LogP contribution in [-0.2, 0) is 4.79 Å². The van der Waals surface area contributed by atoms with Crippen LogP contribution in [0.3, 0.4) is 0 Å². The fourth-order valence-corrected chi connectivity index (χ4v) is 3.57. The van der Waals surface area contributed by atoms with Gasteiger partial charge in [-0.25, -0.2) is 0 Å². The highest BCUT2D eigenvalue weighted by Gasteiger charge is 2.30. The highest BCUT2D eigenvalue weighted by atomic mass is 28.3. The second kappa shape index (κ2) is 1.69. The molecular weight excluding hydrogens is 116 g/mol. The molecule has 1 aliphatic heterocycles. The molecule has 1 heterocycles. The Morgan fingerprint density at radius 2 is 2.12 bits per heavy atom. The van der Waals surface area contributed by atoms with Gasteiger partial charge in [-0.1, -0.05) is 19.1 Å². The normalized spacial score (nSPS) is 26.5. The molecule has 1 rings (SSSR count). The first-order chi connectivity index (χ1) is 3.60. The van der Waals surface area contributed by atoms with Crippen LogP contribution in [0, 0.1) is 0 Å². The fraction of sp³-hybridized carbons (Fsp3) is 0.833. The standard InChI is InChI=1S/C6H12OSi/c1-8(2)4-3-6(7)5-8/h3-5H2,1-2H3. The van der Waals surface area contributed by atoms with Crippen LogP contribution < -0.4 is 0 Å². The molecule has 1 saturated heterocycles. The van der Waals surface area contributed by atoms with Crippen molar-refractivity contribution in [1.29, 1.82) is 0 Å². The van der Waals surface area contributed by atoms with E-state index in [0.717, 1.165) is 12.5 Å². The molecule has 0 aromatic heterocycles. The Morgan fingerprint density at radius 3 is 2.25 bits per heavy atom. The summed E-state index contributed by atoms with van der Waals surface area (Å²) in [7, 11) is -0.953. The predicted octanol–water partition coefficient (Wildman–Crippen LogP) is 1.67. The zero-order valence-electron chi connectivity index (χ0n) is 5.53. The molecule has 0 atom stereocenters. The van der Waals surface area contributed by atoms with Crippen LogP contribution in [0.25, 0.3) is 0 Å². The summed E-state index contributed by atoms with van der Waals surface area (Å²) in [5.41, 5.74) is 0. The maximum absolute atomic E-state index is 10.7. The molecule has 0 N–H and O–H groups in total. The lowest BCUT2D eigenvalue weighted by atomic mass is 10.4. The van der Waals surface area contributed by atoms with Crippen molar-refractivity contribution in [3.63, 3.8) is 0 Å². The molecule has 2 heteroatoms. The topological polar surface area (TPSA) is 17.1 Å². The summed E-state index contributed by atoms with van der Waals surface area (Å²) in [5.74, 6) is 0.502. The van der Waals surface area contributed by atoms with E-state index < -0.39 is 8.07 Å². The second-order valence-electron chi connectivity index (χ2n) is 3.38. The maximum Gasteiger partial charge on any atom is 0.130 e. The van der Waals surface area contributed by atoms with Gasteiger partial charge in [0.1, 0.15) is 5.78 Å². The van der Waals surface area contributed by atoms with E-state index in [-0.39, 0.29) is 0 Å². The third-order valence-electron chi connectivity index (χ3n) is 1.76. The smallest absolute Gasteiger partial charge is 0.130 e. The molecule has 0 unspecified atom stereocenters. The number of ketones is 1. The summed E-state index contributed by atoms with van der Waals surface area (Å²) < 4.78 is 0. The molecule has 1 nitrogen and oxygen atoms in total. The van der Waals surface area contributed by atoms with E-state index in [9.17, 15) is 4.79 Å². The summed E-state index contributed by atoms with van der Waals surface area (Å²) in [6.07, 6.45) is 0.874. The van der Waals surface area contributed by atoms with Gasteiger partial charge in [0.05, 0.1) is 8.07 Å². The monoisotopic (exact) mass is 128 g/mol. The molecule has 1 aliphatic rings. The van der Waals surface area contributed by atoms with Crippen molar-refractivity contribution in [2.45, 2.75) is 31.6 Å². The van der Waals surface area contributed by atoms with E-state index in [2.05, 4.69) is 13.1 Å². The first-order valence-electron chi connectivity index (χ1n) is 3.12. The van der Waals surface area contributed by atoms with Crippen molar-refractivity contribution < 1.29 is 4.79 Å². The summed E-state index contributed by atoms with van der Waals surface area (Å²) in [4.78, 5) is 10.7. The molecule has 0 saturated carbocycles. The van der Waals surface area contributed by atoms with Crippen molar-refractivity contribution in [1.82, 2.24) is 0 Å². The second-order valence-corrected chi connectivity index (χ2v) is 8.56. The Balaban J connectivity index is 2.56. The number of hydrogen-bond donors (Lipinski definition) is 0. The van der Waals surface area contributed by atoms with E-state index >= 15 is 0 Å². The molecule has 0 aliphatic carbocycles. The molecule has 0 amide bonds. The van der Waals surface area contributed by atoms with E-state index in [1.807, 2.05) is 0 Å². The van der Waals surface area contributed by atoms with Gasteiger partial charge in [-0.05, 0) is 0 Å². The highest BCUT2D eigenvalue weighted by Crippen LogP contribution is 2.26. The third-order valence-corrected chi connectivity index (χ3v) is 4.71. The van der Waals surface area contributed by atoms with Crippen LogP contribution in [-0.4, -0.2) is 13.9 Å². The Labute approximate surface area is 51.1 Å². The van der Waals surface area contributed by atoms with Crippen molar-refractivity contribution in [2.75, 3.05) is 0 Å². The average Bonchev–Trinajstić information content (AvgIpc) is 1.82. The summed E-state index contributed by atoms with van der Waals surface area (Å²) in [6.45, 7) is 4.58. The Morgan fingerprint density at radius 1 is 1.50 bits per heavy atom. The first kappa shape index (κ1) is 6.01. The number of rotatable bonds is 0. The summed E-state index contributed by atoms with van der Waals surface area (Å²) in [5, 5.41) is 0. The Bertz CT molecular complexity index is 118. The molecule has 0 aromatic carbocycles. The summed E-state index contributed by atoms with van der Waals surface area (Å²) >= 11 is 0. The first-order valence-corrected chi connectivity index (χ1v) is 6.53. The largest absolute Gasteiger partial charge is 0.300 e. The van der Waals surface area contributed by atoms with Crippen LogP contribution in [0.15, 0.2) is 0 Å². The Hall–Kier alpha value is -0.113. The van der Waals surface area contributed by atoms with Gasteiger partial charge < -0.3 is 4.79 Å². The van der Waals surface area contributed by atoms with Gasteiger partial charge >= 0.3 is 0 Å². The quantitative estimate of drug-likeness (QED) is 0.453. The van der Waals surface area contributed by atoms with Crippen molar-refractivity contribution >= 4 is 13.9 Å². The van der Waals surface area contributed by atoms with Gasteiger partial charge in [0.25, 0.3) is 0 Å². The van der Waals surface area contributed by atoms with Gasteiger partial charge in [-0.15, -0.1) is 0 Å². The van der Waals surface area contributed by atoms with E-state index in [1.54, 1.807) is 0 Å². The van der Waals surface area contributed by atoms with Crippen LogP contribution in [0.5, 0.6) is 0 Å². The van der Waals surface area contributed by atoms with Crippen molar-refractivity contribution in [3.05, 3.63) is 0 Å². The Kier molecular flexibility index (Phi) is 1.27. The number of carbonyl (C=O) groups excluding carboxylic acids is 1. The molecule has 8 heavy (non-hydrogen) atoms. The van der Waals surface area contributed by atoms with Gasteiger partial charge in [-0.3, -0.25) is 0 Å². The van der Waals surface area contributed by atoms with Crippen molar-refractivity contribution in [3.8, 4) is 0 Å². The van der Waals surface area contributed by atoms with Gasteiger partial charge in [0.15, 0.2) is 0 Å². The van der Waals surface area contributed by atoms with Crippen molar-refractivity contribution in [2.24, 2.45) is 0 Å². The van der Waals surface area contributed by atoms with E-state index in [4.69, 9.17) is 0 Å². The molecule has 0 aromatic rings. The fourth-order valence-electron chi connectivity index (χ4n) is 1.19. The minimum Gasteiger partial charge on any atom is -0.300 e. The number of Topliss-reactive ketones (excluding diaryl/α,β-unsaturated/α-hetero) is 1. The highest BCUT2D eigenvalue weighted by molar-refractivity contribution is 6.81. The SMILES string of the molecule is C[Si]1(C)CCC(=O)C1. The minimum absolute atomic E-state index is 0.502. The molecule has 0 bridgehead atoms. The molecule has 1 fully saturated rings. The van der Waals surface area contributed by atoms with Gasteiger partial charge in [0.2, 0.25) is 0 Å². The lowest BCUT2D eigenvalue weighted by Gasteiger charge is -2.09. The zero-order chi connectivity index (χ0) is 6.20. The van der Waals surface area contributed by atoms with E-state index in [1.165, 1.54) is 6.04 Å². The summed E-state index contributed by atoms with van der Waals surface area (Å²) in [6, 6.07) is 2.17. The van der Waals surface area contributed by atoms with Gasteiger partial charge in [-0.2, -0.15) is 0 Å². The molecule has 0 radical (unpaired) electrons. The predicted molar refractivity (Wildman–Crippen MR) is 36.7 cm³/mol. The third kappa shape index (κ3) is 1.19. The lowest BCUT2D eigenvalue weighted by molar-refractivity contribution is -0.116. The van der Waals surface area contributed by atoms with Crippen LogP contribution in [0.1, 0.15) is 6.42 Å². The van der Waals surface area contributed by atoms with Crippen LogP contribution >= 0.6 is 0 Å². The van der Waals surface area contributed by atoms with Crippen LogP contribution in [0.4, 0.5) is 0 Å². The average molecular weight is 128 g/mol. The van der Waals surface area contributed by atoms with Crippen LogP contribution in [0.2, 0.25) is 25.2 Å². The van der Waals surface area contributed by atoms with E-state index in [0.29, 0.717) is 5.78 Å². The zero-order valence-corrected chi connectivity index (χ0v) is 6.53. The molecule has 46 valence electrons. The lowest BCUT2D eigenvalue weighted by Crippen LogP contribution is -2.19. The minimum atomic E-state index is -0.953. The van der Waals surface area contributed by atoms with Gasteiger partial charge in [0, 0.05) is 12.5 Å². The number of hydrogen-bond acceptors (Lipinski definition) is 1. The maximum atomic E-state index is 10.7. The molecular formula is C6H12OSi. The number of carbonyl (C=O) groups is 1. The molecule has 0 spiro atoms.